The van der Waals surface area contributed by atoms with Gasteiger partial charge in [-0.25, -0.2) is 4.98 Å². The van der Waals surface area contributed by atoms with Crippen molar-refractivity contribution >= 4 is 47.1 Å². The number of tetrazole rings is 1. The second kappa shape index (κ2) is 7.86. The van der Waals surface area contributed by atoms with Crippen molar-refractivity contribution in [2.24, 2.45) is 0 Å². The molecule has 2 aromatic heterocycles. The van der Waals surface area contributed by atoms with Crippen molar-refractivity contribution < 1.29 is 9.53 Å². The van der Waals surface area contributed by atoms with E-state index in [-0.39, 0.29) is 41.2 Å². The van der Waals surface area contributed by atoms with Gasteiger partial charge in [-0.3, -0.25) is 10.1 Å². The number of nitrogen functional groups attached to an aromatic ring is 1. The third-order valence-electron chi connectivity index (χ3n) is 3.02. The minimum absolute atomic E-state index is 0. The maximum absolute atomic E-state index is 12.3. The summed E-state index contributed by atoms with van der Waals surface area (Å²) in [5.74, 6) is 0.0799. The van der Waals surface area contributed by atoms with E-state index in [4.69, 9.17) is 10.5 Å². The molecule has 0 bridgehead atoms. The number of H-pyrrole nitrogens is 1. The standard InChI is InChI=1S/C14H13N7O2.Na/c1-23-10-6-11(8-3-2-4-9(15)5-8)16-12(7-10)13(22)17-14-18-20-21-19-14;/h2-7H,15H2,1H3,(H2,17,18,19,20,21,22);. The Hall–Kier alpha value is -2.49. The quantitative estimate of drug-likeness (QED) is 0.473. The van der Waals surface area contributed by atoms with E-state index < -0.39 is 5.91 Å². The van der Waals surface area contributed by atoms with Gasteiger partial charge < -0.3 is 10.5 Å². The second-order valence-corrected chi connectivity index (χ2v) is 4.59. The van der Waals surface area contributed by atoms with Gasteiger partial charge in [-0.2, -0.15) is 5.21 Å². The maximum Gasteiger partial charge on any atom is 0.276 e. The summed E-state index contributed by atoms with van der Waals surface area (Å²) >= 11 is 0. The molecule has 0 atom stereocenters. The van der Waals surface area contributed by atoms with Gasteiger partial charge in [0.2, 0.25) is 0 Å². The molecule has 0 aliphatic carbocycles. The Morgan fingerprint density at radius 1 is 1.29 bits per heavy atom. The number of nitrogens with one attached hydrogen (secondary N) is 2. The van der Waals surface area contributed by atoms with Crippen molar-refractivity contribution in [3.05, 3.63) is 42.1 Å². The van der Waals surface area contributed by atoms with E-state index in [0.29, 0.717) is 17.1 Å². The monoisotopic (exact) mass is 334 g/mol. The van der Waals surface area contributed by atoms with Gasteiger partial charge in [0.1, 0.15) is 11.4 Å². The van der Waals surface area contributed by atoms with Crippen molar-refractivity contribution in [1.82, 2.24) is 25.6 Å². The molecule has 1 radical (unpaired) electrons. The average Bonchev–Trinajstić information content (AvgIpc) is 3.07. The number of hydrogen-bond donors (Lipinski definition) is 3. The summed E-state index contributed by atoms with van der Waals surface area (Å²) in [6.07, 6.45) is 0. The zero-order chi connectivity index (χ0) is 16.2. The Labute approximate surface area is 159 Å². The molecule has 2 heterocycles. The van der Waals surface area contributed by atoms with Gasteiger partial charge in [0.15, 0.2) is 0 Å². The Kier molecular flexibility index (Phi) is 5.85. The number of aromatic amines is 1. The number of aromatic nitrogens is 5. The molecule has 3 aromatic rings. The first-order valence-corrected chi connectivity index (χ1v) is 6.62. The van der Waals surface area contributed by atoms with Crippen molar-refractivity contribution in [1.29, 1.82) is 0 Å². The first kappa shape index (κ1) is 17.9. The fraction of sp³-hybridized carbons (Fsp3) is 0.0714. The van der Waals surface area contributed by atoms with Crippen LogP contribution in [0.25, 0.3) is 11.3 Å². The molecule has 1 aromatic carbocycles. The number of benzene rings is 1. The Morgan fingerprint density at radius 3 is 2.79 bits per heavy atom. The van der Waals surface area contributed by atoms with Crippen LogP contribution in [-0.4, -0.2) is 68.2 Å². The number of ether oxygens (including phenoxy) is 1. The van der Waals surface area contributed by atoms with Crippen LogP contribution in [0.4, 0.5) is 11.6 Å². The van der Waals surface area contributed by atoms with Crippen LogP contribution in [0.1, 0.15) is 10.5 Å². The Morgan fingerprint density at radius 2 is 2.12 bits per heavy atom. The zero-order valence-corrected chi connectivity index (χ0v) is 15.1. The van der Waals surface area contributed by atoms with E-state index in [1.807, 2.05) is 12.1 Å². The number of rotatable bonds is 4. The first-order valence-electron chi connectivity index (χ1n) is 6.62. The molecule has 1 amide bonds. The number of amides is 1. The summed E-state index contributed by atoms with van der Waals surface area (Å²) in [4.78, 5) is 16.6. The number of anilines is 2. The molecule has 0 aliphatic rings. The SMILES string of the molecule is COc1cc(C(=O)Nc2nn[nH]n2)nc(-c2cccc(N)c2)c1.[Na]. The van der Waals surface area contributed by atoms with Crippen LogP contribution in [0.3, 0.4) is 0 Å². The van der Waals surface area contributed by atoms with Crippen LogP contribution in [0.5, 0.6) is 5.75 Å². The minimum atomic E-state index is -0.476. The molecular weight excluding hydrogens is 321 g/mol. The molecule has 0 fully saturated rings. The van der Waals surface area contributed by atoms with Gasteiger partial charge in [0, 0.05) is 52.9 Å². The number of pyridine rings is 1. The Balaban J connectivity index is 0.00000208. The van der Waals surface area contributed by atoms with Crippen LogP contribution < -0.4 is 15.8 Å². The molecule has 3 rings (SSSR count). The van der Waals surface area contributed by atoms with Crippen LogP contribution >= 0.6 is 0 Å². The van der Waals surface area contributed by atoms with Crippen molar-refractivity contribution in [3.8, 4) is 17.0 Å². The number of nitrogens with two attached hydrogens (primary N) is 1. The molecule has 9 nitrogen and oxygen atoms in total. The zero-order valence-electron chi connectivity index (χ0n) is 13.1. The topological polar surface area (TPSA) is 132 Å². The molecule has 10 heteroatoms. The molecule has 4 N–H and O–H groups in total. The molecule has 0 saturated heterocycles. The first-order chi connectivity index (χ1) is 11.2. The van der Waals surface area contributed by atoms with Crippen LogP contribution in [0.2, 0.25) is 0 Å². The van der Waals surface area contributed by atoms with Gasteiger partial charge >= 0.3 is 0 Å². The number of carbonyl (C=O) groups excluding carboxylic acids is 1. The normalized spacial score (nSPS) is 9.88. The van der Waals surface area contributed by atoms with Gasteiger partial charge in [-0.05, 0) is 17.3 Å². The predicted molar refractivity (Wildman–Crippen MR) is 88.5 cm³/mol. The number of hydrogen-bond acceptors (Lipinski definition) is 7. The van der Waals surface area contributed by atoms with E-state index in [1.54, 1.807) is 18.2 Å². The number of methoxy groups -OCH3 is 1. The van der Waals surface area contributed by atoms with Crippen LogP contribution in [0.15, 0.2) is 36.4 Å². The van der Waals surface area contributed by atoms with Crippen molar-refractivity contribution in [3.63, 3.8) is 0 Å². The third-order valence-corrected chi connectivity index (χ3v) is 3.02. The van der Waals surface area contributed by atoms with E-state index >= 15 is 0 Å². The maximum atomic E-state index is 12.3. The molecular formula is C14H13N7NaO2. The molecule has 24 heavy (non-hydrogen) atoms. The second-order valence-electron chi connectivity index (χ2n) is 4.59. The van der Waals surface area contributed by atoms with Gasteiger partial charge in [0.25, 0.3) is 11.9 Å². The van der Waals surface area contributed by atoms with Crippen LogP contribution in [-0.2, 0) is 0 Å². The van der Waals surface area contributed by atoms with E-state index in [1.165, 1.54) is 13.2 Å². The molecule has 117 valence electrons. The molecule has 0 spiro atoms. The third kappa shape index (κ3) is 4.07. The van der Waals surface area contributed by atoms with Gasteiger partial charge in [0.05, 0.1) is 12.8 Å². The summed E-state index contributed by atoms with van der Waals surface area (Å²) in [5.41, 5.74) is 7.89. The summed E-state index contributed by atoms with van der Waals surface area (Å²) in [6, 6.07) is 10.4. The summed E-state index contributed by atoms with van der Waals surface area (Å²) in [7, 11) is 1.51. The largest absolute Gasteiger partial charge is 0.497 e. The fourth-order valence-corrected chi connectivity index (χ4v) is 1.97. The predicted octanol–water partition coefficient (Wildman–Crippen LogP) is 0.724. The molecule has 0 saturated carbocycles. The van der Waals surface area contributed by atoms with E-state index in [2.05, 4.69) is 30.9 Å². The van der Waals surface area contributed by atoms with Crippen molar-refractivity contribution in [2.75, 3.05) is 18.2 Å². The van der Waals surface area contributed by atoms with E-state index in [9.17, 15) is 4.79 Å². The van der Waals surface area contributed by atoms with E-state index in [0.717, 1.165) is 5.56 Å². The van der Waals surface area contributed by atoms with Gasteiger partial charge in [-0.15, -0.1) is 5.10 Å². The summed E-state index contributed by atoms with van der Waals surface area (Å²) < 4.78 is 5.23. The number of nitrogens with zero attached hydrogens (tertiary/aromatic N) is 4. The molecule has 0 unspecified atom stereocenters. The van der Waals surface area contributed by atoms with Crippen molar-refractivity contribution in [2.45, 2.75) is 0 Å². The fourth-order valence-electron chi connectivity index (χ4n) is 1.97. The van der Waals surface area contributed by atoms with Crippen LogP contribution in [0, 0.1) is 0 Å². The average molecular weight is 334 g/mol. The van der Waals surface area contributed by atoms with Gasteiger partial charge in [-0.1, -0.05) is 17.2 Å². The summed E-state index contributed by atoms with van der Waals surface area (Å²) in [5, 5.41) is 15.4. The Bertz CT molecular complexity index is 839. The summed E-state index contributed by atoms with van der Waals surface area (Å²) in [6.45, 7) is 0. The molecule has 0 aliphatic heterocycles. The smallest absolute Gasteiger partial charge is 0.276 e. The minimum Gasteiger partial charge on any atom is -0.497 e. The number of carbonyl (C=O) groups is 1.